The topological polar surface area (TPSA) is 0 Å². The molecule has 1 heteroatoms. The van der Waals surface area contributed by atoms with Gasteiger partial charge in [0, 0.05) is 0 Å². The first-order valence-corrected chi connectivity index (χ1v) is 2.77. The van der Waals surface area contributed by atoms with Gasteiger partial charge in [-0.05, 0) is 0 Å². The van der Waals surface area contributed by atoms with Crippen LogP contribution in [-0.2, 0) is 0 Å². The van der Waals surface area contributed by atoms with Crippen molar-refractivity contribution < 1.29 is 0 Å². The largest absolute Gasteiger partial charge is 0.113 e. The molecule has 0 spiro atoms. The molecule has 1 saturated heterocycles. The summed E-state index contributed by atoms with van der Waals surface area (Å²) in [5.41, 5.74) is 0. The van der Waals surface area contributed by atoms with E-state index in [2.05, 4.69) is 14.2 Å². The highest BCUT2D eigenvalue weighted by Gasteiger charge is 2.15. The summed E-state index contributed by atoms with van der Waals surface area (Å²) in [6.45, 7) is 2.25. The lowest BCUT2D eigenvalue weighted by Crippen LogP contribution is -2.12. The zero-order valence-corrected chi connectivity index (χ0v) is 4.28. The first-order valence-electron chi connectivity index (χ1n) is 2.77. The third kappa shape index (κ3) is 0.587. The minimum Gasteiger partial charge on any atom is -0.0804 e. The molecule has 1 atom stereocenters. The summed E-state index contributed by atoms with van der Waals surface area (Å²) in [6, 6.07) is 0. The molecule has 0 N–H and O–H groups in total. The Hall–Kier alpha value is 0.0649. The van der Waals surface area contributed by atoms with Gasteiger partial charge in [-0.3, -0.25) is 0 Å². The van der Waals surface area contributed by atoms with Gasteiger partial charge in [-0.15, -0.1) is 0 Å². The summed E-state index contributed by atoms with van der Waals surface area (Å²) >= 11 is 0. The Morgan fingerprint density at radius 2 is 2.50 bits per heavy atom. The molecule has 0 aromatic heterocycles. The molecule has 0 nitrogen and oxygen atoms in total. The first-order chi connectivity index (χ1) is 2.93. The Kier molecular flexibility index (Phi) is 1.18. The third-order valence-corrected chi connectivity index (χ3v) is 1.56. The smallest absolute Gasteiger partial charge is 0.0804 e. The molecule has 1 heterocycles. The molecular weight excluding hydrogens is 70.9 g/mol. The van der Waals surface area contributed by atoms with Gasteiger partial charge < -0.3 is 0 Å². The SMILES string of the molecule is CCC1[B]CC1. The van der Waals surface area contributed by atoms with E-state index in [1.807, 2.05) is 0 Å². The van der Waals surface area contributed by atoms with E-state index in [4.69, 9.17) is 0 Å². The lowest BCUT2D eigenvalue weighted by atomic mass is 9.47. The van der Waals surface area contributed by atoms with Gasteiger partial charge in [-0.1, -0.05) is 31.9 Å². The van der Waals surface area contributed by atoms with Gasteiger partial charge in [0.1, 0.15) is 7.28 Å². The van der Waals surface area contributed by atoms with Crippen molar-refractivity contribution in [2.75, 3.05) is 0 Å². The summed E-state index contributed by atoms with van der Waals surface area (Å²) in [7, 11) is 2.40. The predicted molar refractivity (Wildman–Crippen MR) is 29.2 cm³/mol. The molecule has 0 amide bonds. The first kappa shape index (κ1) is 4.23. The van der Waals surface area contributed by atoms with Crippen molar-refractivity contribution in [1.82, 2.24) is 0 Å². The van der Waals surface area contributed by atoms with Crippen molar-refractivity contribution in [2.24, 2.45) is 0 Å². The van der Waals surface area contributed by atoms with Gasteiger partial charge in [0.2, 0.25) is 0 Å². The second-order valence-electron chi connectivity index (χ2n) is 1.98. The van der Waals surface area contributed by atoms with Crippen molar-refractivity contribution in [3.05, 3.63) is 0 Å². The zero-order chi connectivity index (χ0) is 4.41. The van der Waals surface area contributed by atoms with Crippen molar-refractivity contribution >= 4 is 7.28 Å². The number of rotatable bonds is 1. The van der Waals surface area contributed by atoms with Gasteiger partial charge in [-0.2, -0.15) is 0 Å². The molecule has 0 aromatic rings. The van der Waals surface area contributed by atoms with Crippen molar-refractivity contribution in [2.45, 2.75) is 31.9 Å². The molecule has 1 rings (SSSR count). The average Bonchev–Trinajstić information content (AvgIpc) is 1.31. The van der Waals surface area contributed by atoms with Crippen LogP contribution in [0.25, 0.3) is 0 Å². The molecule has 6 heavy (non-hydrogen) atoms. The summed E-state index contributed by atoms with van der Waals surface area (Å²) in [5, 5.41) is 0. The number of hydrogen-bond acceptors (Lipinski definition) is 0. The second kappa shape index (κ2) is 1.68. The number of hydrogen-bond donors (Lipinski definition) is 0. The molecule has 0 aromatic carbocycles. The summed E-state index contributed by atoms with van der Waals surface area (Å²) in [5.74, 6) is 0.991. The van der Waals surface area contributed by atoms with Crippen LogP contribution in [0.1, 0.15) is 19.8 Å². The van der Waals surface area contributed by atoms with E-state index in [1.54, 1.807) is 0 Å². The molecule has 0 saturated carbocycles. The van der Waals surface area contributed by atoms with Crippen molar-refractivity contribution in [1.29, 1.82) is 0 Å². The predicted octanol–water partition coefficient (Wildman–Crippen LogP) is 1.71. The molecule has 1 fully saturated rings. The maximum atomic E-state index is 2.40. The minimum atomic E-state index is 0.991. The van der Waals surface area contributed by atoms with Gasteiger partial charge in [-0.25, -0.2) is 0 Å². The van der Waals surface area contributed by atoms with E-state index >= 15 is 0 Å². The zero-order valence-electron chi connectivity index (χ0n) is 4.28. The highest BCUT2D eigenvalue weighted by molar-refractivity contribution is 6.41. The van der Waals surface area contributed by atoms with Crippen LogP contribution >= 0.6 is 0 Å². The molecular formula is C5H10B. The van der Waals surface area contributed by atoms with Gasteiger partial charge >= 0.3 is 0 Å². The quantitative estimate of drug-likeness (QED) is 0.421. The van der Waals surface area contributed by atoms with Crippen molar-refractivity contribution in [3.8, 4) is 0 Å². The van der Waals surface area contributed by atoms with Crippen LogP contribution in [0.4, 0.5) is 0 Å². The highest BCUT2D eigenvalue weighted by Crippen LogP contribution is 2.27. The Balaban J connectivity index is 2.01. The standard InChI is InChI=1S/C5H10B/c1-2-5-3-4-6-5/h5H,2-4H2,1H3. The van der Waals surface area contributed by atoms with E-state index in [9.17, 15) is 0 Å². The fraction of sp³-hybridized carbons (Fsp3) is 1.00. The van der Waals surface area contributed by atoms with E-state index in [0.717, 1.165) is 5.82 Å². The van der Waals surface area contributed by atoms with E-state index in [-0.39, 0.29) is 0 Å². The van der Waals surface area contributed by atoms with Crippen LogP contribution in [0, 0.1) is 0 Å². The van der Waals surface area contributed by atoms with Crippen LogP contribution < -0.4 is 0 Å². The molecule has 1 aliphatic rings. The fourth-order valence-electron chi connectivity index (χ4n) is 0.773. The highest BCUT2D eigenvalue weighted by atomic mass is 14.0. The van der Waals surface area contributed by atoms with Crippen LogP contribution in [0.3, 0.4) is 0 Å². The monoisotopic (exact) mass is 81.1 g/mol. The minimum absolute atomic E-state index is 0.991. The van der Waals surface area contributed by atoms with E-state index in [0.29, 0.717) is 0 Å². The lowest BCUT2D eigenvalue weighted by Gasteiger charge is -2.21. The Labute approximate surface area is 40.2 Å². The maximum absolute atomic E-state index is 2.40. The normalized spacial score (nSPS) is 31.2. The molecule has 0 bridgehead atoms. The Bertz CT molecular complexity index is 36.4. The lowest BCUT2D eigenvalue weighted by molar-refractivity contribution is 0.695. The van der Waals surface area contributed by atoms with E-state index in [1.165, 1.54) is 19.2 Å². The summed E-state index contributed by atoms with van der Waals surface area (Å²) < 4.78 is 0. The summed E-state index contributed by atoms with van der Waals surface area (Å²) in [6.07, 6.45) is 4.19. The fourth-order valence-corrected chi connectivity index (χ4v) is 0.773. The maximum Gasteiger partial charge on any atom is 0.113 e. The average molecular weight is 80.9 g/mol. The van der Waals surface area contributed by atoms with Gasteiger partial charge in [0.25, 0.3) is 0 Å². The Morgan fingerprint density at radius 1 is 1.83 bits per heavy atom. The molecule has 1 aliphatic heterocycles. The van der Waals surface area contributed by atoms with Crippen LogP contribution in [0.2, 0.25) is 12.1 Å². The van der Waals surface area contributed by atoms with Crippen LogP contribution in [0.15, 0.2) is 0 Å². The second-order valence-corrected chi connectivity index (χ2v) is 1.98. The van der Waals surface area contributed by atoms with E-state index < -0.39 is 0 Å². The van der Waals surface area contributed by atoms with Crippen molar-refractivity contribution in [3.63, 3.8) is 0 Å². The van der Waals surface area contributed by atoms with Gasteiger partial charge in [0.15, 0.2) is 0 Å². The Morgan fingerprint density at radius 3 is 2.50 bits per heavy atom. The molecule has 0 aliphatic carbocycles. The molecule has 33 valence electrons. The molecule has 1 unspecified atom stereocenters. The third-order valence-electron chi connectivity index (χ3n) is 1.56. The molecule has 1 radical (unpaired) electrons. The van der Waals surface area contributed by atoms with Crippen LogP contribution in [0.5, 0.6) is 0 Å². The van der Waals surface area contributed by atoms with Gasteiger partial charge in [0.05, 0.1) is 0 Å². The summed E-state index contributed by atoms with van der Waals surface area (Å²) in [4.78, 5) is 0. The van der Waals surface area contributed by atoms with Crippen LogP contribution in [-0.4, -0.2) is 7.28 Å².